The van der Waals surface area contributed by atoms with Crippen LogP contribution in [-0.2, 0) is 10.0 Å². The number of nitrogens with one attached hydrogen (secondary N) is 1. The monoisotopic (exact) mass is 338 g/mol. The van der Waals surface area contributed by atoms with Gasteiger partial charge in [0.2, 0.25) is 15.2 Å². The second-order valence-corrected chi connectivity index (χ2v) is 7.95. The van der Waals surface area contributed by atoms with Gasteiger partial charge in [-0.05, 0) is 12.8 Å². The smallest absolute Gasteiger partial charge is 0.209 e. The molecule has 0 unspecified atom stereocenters. The van der Waals surface area contributed by atoms with E-state index in [4.69, 9.17) is 0 Å². The van der Waals surface area contributed by atoms with Crippen LogP contribution in [0, 0.1) is 0 Å². The highest BCUT2D eigenvalue weighted by atomic mass is 32.2. The molecule has 1 aliphatic heterocycles. The minimum atomic E-state index is -3.18. The summed E-state index contributed by atoms with van der Waals surface area (Å²) in [4.78, 5) is 6.70. The van der Waals surface area contributed by atoms with Crippen LogP contribution in [0.25, 0.3) is 11.4 Å². The molecular weight excluding hydrogens is 320 g/mol. The zero-order valence-electron chi connectivity index (χ0n) is 12.3. The van der Waals surface area contributed by atoms with Crippen LogP contribution in [0.3, 0.4) is 0 Å². The largest absolute Gasteiger partial charge is 0.345 e. The Balaban J connectivity index is 1.73. The number of aromatic nitrogens is 2. The van der Waals surface area contributed by atoms with Crippen molar-refractivity contribution in [1.82, 2.24) is 14.1 Å². The first-order valence-electron chi connectivity index (χ1n) is 7.13. The molecule has 0 amide bonds. The zero-order chi connectivity index (χ0) is 15.6. The van der Waals surface area contributed by atoms with Gasteiger partial charge in [-0.15, -0.1) is 0 Å². The molecule has 1 atom stereocenters. The van der Waals surface area contributed by atoms with E-state index in [0.29, 0.717) is 6.54 Å². The summed E-state index contributed by atoms with van der Waals surface area (Å²) in [7, 11) is -3.18. The normalized spacial score (nSPS) is 19.3. The van der Waals surface area contributed by atoms with Gasteiger partial charge in [-0.1, -0.05) is 30.3 Å². The summed E-state index contributed by atoms with van der Waals surface area (Å²) in [5, 5.41) is 0.846. The van der Waals surface area contributed by atoms with Crippen molar-refractivity contribution in [1.29, 1.82) is 0 Å². The molecular formula is C14H18N4O2S2. The molecule has 1 fully saturated rings. The third-order valence-electron chi connectivity index (χ3n) is 3.52. The van der Waals surface area contributed by atoms with Crippen molar-refractivity contribution in [3.8, 4) is 11.4 Å². The van der Waals surface area contributed by atoms with Gasteiger partial charge in [0, 0.05) is 36.2 Å². The fraction of sp³-hybridized carbons (Fsp3) is 0.429. The molecule has 1 saturated heterocycles. The molecule has 1 aliphatic rings. The molecule has 118 valence electrons. The highest BCUT2D eigenvalue weighted by Crippen LogP contribution is 2.26. The molecule has 1 N–H and O–H groups in total. The topological polar surface area (TPSA) is 75.2 Å². The second kappa shape index (κ2) is 6.31. The van der Waals surface area contributed by atoms with Crippen molar-refractivity contribution in [2.45, 2.75) is 18.9 Å². The average molecular weight is 338 g/mol. The lowest BCUT2D eigenvalue weighted by Gasteiger charge is -2.32. The van der Waals surface area contributed by atoms with Crippen LogP contribution >= 0.6 is 11.5 Å². The summed E-state index contributed by atoms with van der Waals surface area (Å²) in [5.41, 5.74) is 0.993. The maximum Gasteiger partial charge on any atom is 0.209 e. The first kappa shape index (κ1) is 15.4. The Kier molecular flexibility index (Phi) is 4.42. The molecule has 8 heteroatoms. The van der Waals surface area contributed by atoms with Crippen molar-refractivity contribution in [2.75, 3.05) is 24.2 Å². The predicted octanol–water partition coefficient (Wildman–Crippen LogP) is 1.72. The molecule has 2 heterocycles. The Labute approximate surface area is 134 Å². The summed E-state index contributed by atoms with van der Waals surface area (Å²) in [6, 6.07) is 9.79. The quantitative estimate of drug-likeness (QED) is 0.919. The lowest BCUT2D eigenvalue weighted by atomic mass is 10.1. The summed E-state index contributed by atoms with van der Waals surface area (Å²) in [5.74, 6) is 0.721. The van der Waals surface area contributed by atoms with Gasteiger partial charge in [0.15, 0.2) is 5.82 Å². The van der Waals surface area contributed by atoms with Crippen LogP contribution in [-0.4, -0.2) is 43.2 Å². The molecule has 1 aromatic heterocycles. The van der Waals surface area contributed by atoms with Crippen molar-refractivity contribution < 1.29 is 8.42 Å². The third-order valence-corrected chi connectivity index (χ3v) is 5.06. The van der Waals surface area contributed by atoms with E-state index in [2.05, 4.69) is 19.0 Å². The molecule has 0 spiro atoms. The lowest BCUT2D eigenvalue weighted by molar-refractivity contribution is 0.467. The first-order chi connectivity index (χ1) is 10.5. The SMILES string of the molecule is CS(=O)(=O)N[C@@H]1CCCN(c2nc(-c3ccccc3)ns2)C1. The van der Waals surface area contributed by atoms with E-state index in [0.717, 1.165) is 35.9 Å². The van der Waals surface area contributed by atoms with Gasteiger partial charge in [-0.3, -0.25) is 0 Å². The number of benzene rings is 1. The number of piperidine rings is 1. The minimum Gasteiger partial charge on any atom is -0.345 e. The number of hydrogen-bond donors (Lipinski definition) is 1. The van der Waals surface area contributed by atoms with Crippen molar-refractivity contribution in [2.24, 2.45) is 0 Å². The van der Waals surface area contributed by atoms with E-state index in [-0.39, 0.29) is 6.04 Å². The molecule has 1 aromatic carbocycles. The predicted molar refractivity (Wildman–Crippen MR) is 88.6 cm³/mol. The van der Waals surface area contributed by atoms with Crippen LogP contribution in [0.1, 0.15) is 12.8 Å². The van der Waals surface area contributed by atoms with E-state index in [1.165, 1.54) is 17.8 Å². The summed E-state index contributed by atoms with van der Waals surface area (Å²) >= 11 is 1.36. The van der Waals surface area contributed by atoms with E-state index in [1.807, 2.05) is 30.3 Å². The Hall–Kier alpha value is -1.51. The van der Waals surface area contributed by atoms with Gasteiger partial charge in [-0.2, -0.15) is 9.36 Å². The fourth-order valence-corrected chi connectivity index (χ4v) is 4.12. The summed E-state index contributed by atoms with van der Waals surface area (Å²) in [6.07, 6.45) is 2.99. The van der Waals surface area contributed by atoms with Gasteiger partial charge in [0.05, 0.1) is 6.26 Å². The Bertz CT molecular complexity index is 730. The standard InChI is InChI=1S/C14H18N4O2S2/c1-22(19,20)17-12-8-5-9-18(10-12)14-15-13(16-21-14)11-6-3-2-4-7-11/h2-4,6-7,12,17H,5,8-10H2,1H3/t12-/m1/s1. The molecule has 0 bridgehead atoms. The van der Waals surface area contributed by atoms with Gasteiger partial charge in [0.1, 0.15) is 0 Å². The molecule has 0 aliphatic carbocycles. The minimum absolute atomic E-state index is 0.0622. The fourth-order valence-electron chi connectivity index (χ4n) is 2.60. The van der Waals surface area contributed by atoms with Crippen molar-refractivity contribution >= 4 is 26.7 Å². The van der Waals surface area contributed by atoms with Crippen LogP contribution in [0.15, 0.2) is 30.3 Å². The highest BCUT2D eigenvalue weighted by molar-refractivity contribution is 7.88. The molecule has 6 nitrogen and oxygen atoms in total. The molecule has 0 saturated carbocycles. The van der Waals surface area contributed by atoms with E-state index in [9.17, 15) is 8.42 Å². The number of rotatable bonds is 4. The number of nitrogens with zero attached hydrogens (tertiary/aromatic N) is 3. The van der Waals surface area contributed by atoms with Gasteiger partial charge < -0.3 is 4.90 Å². The van der Waals surface area contributed by atoms with Crippen molar-refractivity contribution in [3.05, 3.63) is 30.3 Å². The lowest BCUT2D eigenvalue weighted by Crippen LogP contribution is -2.47. The van der Waals surface area contributed by atoms with Crippen LogP contribution in [0.2, 0.25) is 0 Å². The van der Waals surface area contributed by atoms with E-state index < -0.39 is 10.0 Å². The van der Waals surface area contributed by atoms with Gasteiger partial charge >= 0.3 is 0 Å². The number of sulfonamides is 1. The second-order valence-electron chi connectivity index (χ2n) is 5.44. The van der Waals surface area contributed by atoms with E-state index in [1.54, 1.807) is 0 Å². The number of anilines is 1. The number of hydrogen-bond acceptors (Lipinski definition) is 6. The molecule has 3 rings (SSSR count). The van der Waals surface area contributed by atoms with Crippen LogP contribution in [0.4, 0.5) is 5.13 Å². The van der Waals surface area contributed by atoms with Gasteiger partial charge in [0.25, 0.3) is 0 Å². The third kappa shape index (κ3) is 3.82. The molecule has 22 heavy (non-hydrogen) atoms. The van der Waals surface area contributed by atoms with Gasteiger partial charge in [-0.25, -0.2) is 13.1 Å². The Morgan fingerprint density at radius 1 is 1.32 bits per heavy atom. The summed E-state index contributed by atoms with van der Waals surface area (Å²) in [6.45, 7) is 1.52. The summed E-state index contributed by atoms with van der Waals surface area (Å²) < 4.78 is 29.8. The van der Waals surface area contributed by atoms with Crippen LogP contribution in [0.5, 0.6) is 0 Å². The molecule has 0 radical (unpaired) electrons. The van der Waals surface area contributed by atoms with Crippen LogP contribution < -0.4 is 9.62 Å². The maximum atomic E-state index is 11.4. The first-order valence-corrected chi connectivity index (χ1v) is 9.79. The highest BCUT2D eigenvalue weighted by Gasteiger charge is 2.24. The maximum absolute atomic E-state index is 11.4. The van der Waals surface area contributed by atoms with E-state index >= 15 is 0 Å². The Morgan fingerprint density at radius 3 is 2.82 bits per heavy atom. The average Bonchev–Trinajstić information content (AvgIpc) is 2.96. The Morgan fingerprint density at radius 2 is 2.09 bits per heavy atom. The zero-order valence-corrected chi connectivity index (χ0v) is 13.9. The van der Waals surface area contributed by atoms with Crippen molar-refractivity contribution in [3.63, 3.8) is 0 Å². The molecule has 2 aromatic rings.